The first-order valence-corrected chi connectivity index (χ1v) is 7.62. The Morgan fingerprint density at radius 2 is 2.13 bits per heavy atom. The molecule has 23 heavy (non-hydrogen) atoms. The van der Waals surface area contributed by atoms with Crippen LogP contribution in [0, 0.1) is 15.5 Å². The third kappa shape index (κ3) is 2.03. The van der Waals surface area contributed by atoms with Gasteiger partial charge in [-0.05, 0) is 24.3 Å². The number of rotatable bonds is 4. The zero-order valence-corrected chi connectivity index (χ0v) is 14.1. The molecule has 0 bridgehead atoms. The van der Waals surface area contributed by atoms with Crippen LogP contribution in [0.2, 0.25) is 0 Å². The van der Waals surface area contributed by atoms with Crippen molar-refractivity contribution in [2.45, 2.75) is 38.8 Å². The van der Waals surface area contributed by atoms with Crippen LogP contribution >= 0.6 is 0 Å². The van der Waals surface area contributed by atoms with Gasteiger partial charge in [0.25, 0.3) is 0 Å². The first-order chi connectivity index (χ1) is 10.7. The molecule has 3 rings (SSSR count). The lowest BCUT2D eigenvalue weighted by atomic mass is 9.55. The fraction of sp³-hybridized carbons (Fsp3) is 0.562. The Kier molecular flexibility index (Phi) is 3.37. The highest BCUT2D eigenvalue weighted by Gasteiger charge is 2.60. The van der Waals surface area contributed by atoms with Gasteiger partial charge in [-0.25, -0.2) is 0 Å². The van der Waals surface area contributed by atoms with Crippen molar-refractivity contribution in [1.82, 2.24) is 9.38 Å². The summed E-state index contributed by atoms with van der Waals surface area (Å²) in [6.07, 6.45) is 2.47. The number of fused-ring (bicyclic) bond motifs is 1. The monoisotopic (exact) mass is 318 g/mol. The summed E-state index contributed by atoms with van der Waals surface area (Å²) >= 11 is 0. The fourth-order valence-electron chi connectivity index (χ4n) is 3.60. The molecule has 2 aromatic rings. The van der Waals surface area contributed by atoms with E-state index in [2.05, 4.69) is 25.8 Å². The second kappa shape index (κ2) is 4.92. The van der Waals surface area contributed by atoms with Gasteiger partial charge in [0.05, 0.1) is 11.8 Å². The van der Waals surface area contributed by atoms with E-state index in [0.717, 1.165) is 6.42 Å². The fourth-order valence-corrected chi connectivity index (χ4v) is 3.60. The maximum atomic E-state index is 11.6. The Morgan fingerprint density at radius 3 is 2.70 bits per heavy atom. The molecule has 2 atom stereocenters. The quantitative estimate of drug-likeness (QED) is 0.640. The number of hydrogen-bond acceptors (Lipinski definition) is 5. The second-order valence-corrected chi connectivity index (χ2v) is 6.93. The lowest BCUT2D eigenvalue weighted by Gasteiger charge is -2.61. The smallest absolute Gasteiger partial charge is 0.372 e. The van der Waals surface area contributed by atoms with E-state index in [1.165, 1.54) is 4.40 Å². The normalized spacial score (nSPS) is 26.0. The van der Waals surface area contributed by atoms with Crippen molar-refractivity contribution < 1.29 is 9.66 Å². The summed E-state index contributed by atoms with van der Waals surface area (Å²) in [6.45, 7) is 6.33. The van der Waals surface area contributed by atoms with Crippen LogP contribution in [0.25, 0.3) is 5.65 Å². The van der Waals surface area contributed by atoms with E-state index in [0.29, 0.717) is 11.5 Å². The SMILES string of the molecule is CO[C@]1(C)C[C@@H](N(C)c2nc3ccccn3c2[N+](=O)[O-])C1(C)C. The first-order valence-electron chi connectivity index (χ1n) is 7.62. The predicted molar refractivity (Wildman–Crippen MR) is 87.8 cm³/mol. The summed E-state index contributed by atoms with van der Waals surface area (Å²) in [5.41, 5.74) is 0.202. The van der Waals surface area contributed by atoms with Crippen LogP contribution in [-0.4, -0.2) is 40.1 Å². The number of methoxy groups -OCH3 is 1. The van der Waals surface area contributed by atoms with Gasteiger partial charge >= 0.3 is 5.82 Å². The van der Waals surface area contributed by atoms with Crippen LogP contribution in [0.3, 0.4) is 0 Å². The Hall–Kier alpha value is -2.15. The summed E-state index contributed by atoms with van der Waals surface area (Å²) in [6, 6.07) is 5.48. The van der Waals surface area contributed by atoms with Crippen LogP contribution < -0.4 is 4.90 Å². The minimum Gasteiger partial charge on any atom is -0.378 e. The molecule has 124 valence electrons. The number of nitro groups is 1. The summed E-state index contributed by atoms with van der Waals surface area (Å²) in [5, 5.41) is 11.6. The highest BCUT2D eigenvalue weighted by Crippen LogP contribution is 2.54. The summed E-state index contributed by atoms with van der Waals surface area (Å²) in [5.74, 6) is 0.405. The van der Waals surface area contributed by atoms with Gasteiger partial charge in [-0.1, -0.05) is 19.9 Å². The lowest BCUT2D eigenvalue weighted by molar-refractivity contribution is -0.389. The van der Waals surface area contributed by atoms with E-state index in [4.69, 9.17) is 4.74 Å². The van der Waals surface area contributed by atoms with Gasteiger partial charge in [0.1, 0.15) is 0 Å². The Morgan fingerprint density at radius 1 is 1.43 bits per heavy atom. The number of pyridine rings is 1. The van der Waals surface area contributed by atoms with E-state index in [9.17, 15) is 10.1 Å². The van der Waals surface area contributed by atoms with Gasteiger partial charge < -0.3 is 19.8 Å². The molecule has 0 unspecified atom stereocenters. The molecule has 7 nitrogen and oxygen atoms in total. The number of nitrogens with zero attached hydrogens (tertiary/aromatic N) is 4. The maximum absolute atomic E-state index is 11.6. The average Bonchev–Trinajstić information content (AvgIpc) is 2.91. The molecule has 0 N–H and O–H groups in total. The summed E-state index contributed by atoms with van der Waals surface area (Å²) < 4.78 is 7.18. The summed E-state index contributed by atoms with van der Waals surface area (Å²) in [7, 11) is 3.59. The van der Waals surface area contributed by atoms with Gasteiger partial charge in [0.2, 0.25) is 11.5 Å². The third-order valence-corrected chi connectivity index (χ3v) is 5.69. The van der Waals surface area contributed by atoms with Crippen LogP contribution in [0.1, 0.15) is 27.2 Å². The molecule has 0 saturated heterocycles. The number of ether oxygens (including phenoxy) is 1. The Bertz CT molecular complexity index is 770. The van der Waals surface area contributed by atoms with Crippen LogP contribution in [0.15, 0.2) is 24.4 Å². The molecule has 2 heterocycles. The van der Waals surface area contributed by atoms with Crippen LogP contribution in [0.5, 0.6) is 0 Å². The van der Waals surface area contributed by atoms with E-state index in [1.54, 1.807) is 25.4 Å². The van der Waals surface area contributed by atoms with Crippen LogP contribution in [0.4, 0.5) is 11.6 Å². The molecule has 1 fully saturated rings. The van der Waals surface area contributed by atoms with E-state index in [1.807, 2.05) is 18.0 Å². The first kappa shape index (κ1) is 15.7. The Balaban J connectivity index is 2.04. The number of hydrogen-bond donors (Lipinski definition) is 0. The number of anilines is 1. The number of imidazole rings is 1. The van der Waals surface area contributed by atoms with Crippen molar-refractivity contribution in [2.24, 2.45) is 5.41 Å². The van der Waals surface area contributed by atoms with Crippen molar-refractivity contribution in [1.29, 1.82) is 0 Å². The van der Waals surface area contributed by atoms with Crippen molar-refractivity contribution in [2.75, 3.05) is 19.1 Å². The van der Waals surface area contributed by atoms with Crippen molar-refractivity contribution in [3.63, 3.8) is 0 Å². The van der Waals surface area contributed by atoms with Crippen LogP contribution in [-0.2, 0) is 4.74 Å². The minimum atomic E-state index is -0.368. The molecule has 1 aliphatic carbocycles. The predicted octanol–water partition coefficient (Wildman–Crippen LogP) is 2.88. The van der Waals surface area contributed by atoms with Crippen molar-refractivity contribution in [3.8, 4) is 0 Å². The molecule has 0 aromatic carbocycles. The molecule has 0 amide bonds. The third-order valence-electron chi connectivity index (χ3n) is 5.69. The Labute approximate surface area is 135 Å². The molecule has 0 aliphatic heterocycles. The topological polar surface area (TPSA) is 72.9 Å². The maximum Gasteiger partial charge on any atom is 0.372 e. The molecular weight excluding hydrogens is 296 g/mol. The van der Waals surface area contributed by atoms with Crippen molar-refractivity contribution in [3.05, 3.63) is 34.5 Å². The average molecular weight is 318 g/mol. The van der Waals surface area contributed by atoms with Gasteiger partial charge in [0.15, 0.2) is 0 Å². The molecule has 0 radical (unpaired) electrons. The van der Waals surface area contributed by atoms with Gasteiger partial charge in [-0.15, -0.1) is 0 Å². The molecule has 1 saturated carbocycles. The highest BCUT2D eigenvalue weighted by atomic mass is 16.6. The molecule has 7 heteroatoms. The van der Waals surface area contributed by atoms with E-state index < -0.39 is 0 Å². The van der Waals surface area contributed by atoms with Gasteiger partial charge in [-0.3, -0.25) is 0 Å². The minimum absolute atomic E-state index is 0.00456. The summed E-state index contributed by atoms with van der Waals surface area (Å²) in [4.78, 5) is 17.6. The lowest BCUT2D eigenvalue weighted by Crippen LogP contribution is -2.68. The number of aromatic nitrogens is 2. The standard InChI is InChI=1S/C16H22N4O3/c1-15(2)11(10-16(15,3)23-5)18(4)13-14(20(21)22)19-9-7-6-8-12(19)17-13/h6-9,11H,10H2,1-5H3/t11-,16-/m1/s1. The molecule has 2 aromatic heterocycles. The highest BCUT2D eigenvalue weighted by molar-refractivity contribution is 5.64. The molecule has 0 spiro atoms. The van der Waals surface area contributed by atoms with E-state index >= 15 is 0 Å². The molecular formula is C16H22N4O3. The zero-order chi connectivity index (χ0) is 17.0. The van der Waals surface area contributed by atoms with Gasteiger partial charge in [-0.2, -0.15) is 9.38 Å². The van der Waals surface area contributed by atoms with Gasteiger partial charge in [0, 0.05) is 31.7 Å². The zero-order valence-electron chi connectivity index (χ0n) is 14.1. The largest absolute Gasteiger partial charge is 0.378 e. The second-order valence-electron chi connectivity index (χ2n) is 6.93. The van der Waals surface area contributed by atoms with Crippen molar-refractivity contribution >= 4 is 17.3 Å². The molecule has 1 aliphatic rings. The van der Waals surface area contributed by atoms with E-state index in [-0.39, 0.29) is 27.8 Å².